The number of aromatic nitrogens is 4. The minimum Gasteiger partial charge on any atom is -0.382 e. The van der Waals surface area contributed by atoms with E-state index in [-0.39, 0.29) is 11.9 Å². The molecule has 3 aromatic rings. The summed E-state index contributed by atoms with van der Waals surface area (Å²) in [7, 11) is 0. The number of carbonyl (C=O) groups excluding carboxylic acids is 1. The Kier molecular flexibility index (Phi) is 5.25. The van der Waals surface area contributed by atoms with Gasteiger partial charge in [0.05, 0.1) is 23.0 Å². The Hall–Kier alpha value is -3.47. The molecule has 0 aromatic carbocycles. The fraction of sp³-hybridized carbons (Fsp3) is 0.458. The van der Waals surface area contributed by atoms with E-state index in [1.807, 2.05) is 6.07 Å². The number of nitrogens with zero attached hydrogens (tertiary/aromatic N) is 5. The molecule has 32 heavy (non-hydrogen) atoms. The second kappa shape index (κ2) is 8.23. The molecule has 0 unspecified atom stereocenters. The Balaban J connectivity index is 1.42. The zero-order valence-corrected chi connectivity index (χ0v) is 18.4. The molecular weight excluding hydrogens is 402 g/mol. The SMILES string of the molecule is CC(C)[C@H]1CC[C@H](NC(=O)c2cnc(-n3ncc4cc(C#N)cnc43)cc2NC2CC2)C1. The standard InChI is InChI=1S/C24H27N7O/c1-14(2)16-3-4-19(8-16)30-24(32)20-13-26-22(9-21(20)29-18-5-6-18)31-23-17(12-28-31)7-15(10-25)11-27-23/h7,9,11-14,16,18-19H,3-6,8H2,1-2H3,(H,26,29)(H,30,32)/t16-,19-/m0/s1. The van der Waals surface area contributed by atoms with Crippen molar-refractivity contribution >= 4 is 22.6 Å². The maximum absolute atomic E-state index is 13.1. The lowest BCUT2D eigenvalue weighted by atomic mass is 9.94. The summed E-state index contributed by atoms with van der Waals surface area (Å²) in [6.45, 7) is 4.51. The molecule has 164 valence electrons. The van der Waals surface area contributed by atoms with Gasteiger partial charge >= 0.3 is 0 Å². The molecule has 3 aromatic heterocycles. The van der Waals surface area contributed by atoms with Gasteiger partial charge in [-0.25, -0.2) is 9.97 Å². The molecule has 2 fully saturated rings. The van der Waals surface area contributed by atoms with Gasteiger partial charge in [-0.2, -0.15) is 15.0 Å². The molecule has 8 nitrogen and oxygen atoms in total. The minimum atomic E-state index is -0.0799. The second-order valence-corrected chi connectivity index (χ2v) is 9.30. The molecule has 0 bridgehead atoms. The topological polar surface area (TPSA) is 109 Å². The lowest BCUT2D eigenvalue weighted by molar-refractivity contribution is 0.0937. The van der Waals surface area contributed by atoms with Gasteiger partial charge in [-0.1, -0.05) is 13.8 Å². The summed E-state index contributed by atoms with van der Waals surface area (Å²) in [6, 6.07) is 6.32. The van der Waals surface area contributed by atoms with E-state index < -0.39 is 0 Å². The van der Waals surface area contributed by atoms with Crippen LogP contribution < -0.4 is 10.6 Å². The van der Waals surface area contributed by atoms with Crippen molar-refractivity contribution in [3.63, 3.8) is 0 Å². The molecular formula is C24H27N7O. The molecule has 1 amide bonds. The average Bonchev–Trinajstić information content (AvgIpc) is 3.31. The number of fused-ring (bicyclic) bond motifs is 1. The van der Waals surface area contributed by atoms with Crippen molar-refractivity contribution in [2.24, 2.45) is 11.8 Å². The zero-order chi connectivity index (χ0) is 22.2. The summed E-state index contributed by atoms with van der Waals surface area (Å²) in [6.07, 6.45) is 10.3. The lowest BCUT2D eigenvalue weighted by Gasteiger charge is -2.17. The number of nitriles is 1. The predicted molar refractivity (Wildman–Crippen MR) is 121 cm³/mol. The average molecular weight is 430 g/mol. The van der Waals surface area contributed by atoms with Gasteiger partial charge < -0.3 is 10.6 Å². The van der Waals surface area contributed by atoms with E-state index in [2.05, 4.69) is 45.6 Å². The van der Waals surface area contributed by atoms with Crippen molar-refractivity contribution in [1.29, 1.82) is 5.26 Å². The van der Waals surface area contributed by atoms with Crippen molar-refractivity contribution in [3.05, 3.63) is 41.9 Å². The molecule has 0 saturated heterocycles. The van der Waals surface area contributed by atoms with Crippen LogP contribution >= 0.6 is 0 Å². The highest BCUT2D eigenvalue weighted by Crippen LogP contribution is 2.32. The molecule has 2 saturated carbocycles. The van der Waals surface area contributed by atoms with E-state index >= 15 is 0 Å². The van der Waals surface area contributed by atoms with Crippen LogP contribution in [-0.4, -0.2) is 37.7 Å². The monoisotopic (exact) mass is 429 g/mol. The first-order valence-corrected chi connectivity index (χ1v) is 11.3. The van der Waals surface area contributed by atoms with Crippen LogP contribution in [0.5, 0.6) is 0 Å². The Bertz CT molecular complexity index is 1200. The Morgan fingerprint density at radius 1 is 1.12 bits per heavy atom. The maximum atomic E-state index is 13.1. The highest BCUT2D eigenvalue weighted by molar-refractivity contribution is 6.00. The van der Waals surface area contributed by atoms with Crippen LogP contribution in [-0.2, 0) is 0 Å². The first-order chi connectivity index (χ1) is 15.5. The number of hydrogen-bond donors (Lipinski definition) is 2. The molecule has 2 N–H and O–H groups in total. The van der Waals surface area contributed by atoms with Crippen molar-refractivity contribution in [2.75, 3.05) is 5.32 Å². The summed E-state index contributed by atoms with van der Waals surface area (Å²) in [5.74, 6) is 1.82. The van der Waals surface area contributed by atoms with Crippen molar-refractivity contribution in [1.82, 2.24) is 25.1 Å². The quantitative estimate of drug-likeness (QED) is 0.617. The number of nitrogens with one attached hydrogen (secondary N) is 2. The summed E-state index contributed by atoms with van der Waals surface area (Å²) < 4.78 is 1.64. The van der Waals surface area contributed by atoms with Crippen LogP contribution in [0, 0.1) is 23.2 Å². The largest absolute Gasteiger partial charge is 0.382 e. The number of rotatable bonds is 6. The van der Waals surface area contributed by atoms with Gasteiger partial charge in [-0.05, 0) is 50.0 Å². The second-order valence-electron chi connectivity index (χ2n) is 9.30. The highest BCUT2D eigenvalue weighted by atomic mass is 16.1. The molecule has 2 aliphatic carbocycles. The van der Waals surface area contributed by atoms with E-state index in [1.165, 1.54) is 12.6 Å². The third-order valence-electron chi connectivity index (χ3n) is 6.58. The van der Waals surface area contributed by atoms with Crippen molar-refractivity contribution in [2.45, 2.75) is 58.0 Å². The maximum Gasteiger partial charge on any atom is 0.255 e. The van der Waals surface area contributed by atoms with Gasteiger partial charge in [-0.3, -0.25) is 4.79 Å². The number of anilines is 1. The zero-order valence-electron chi connectivity index (χ0n) is 18.4. The molecule has 0 radical (unpaired) electrons. The van der Waals surface area contributed by atoms with Gasteiger partial charge in [0, 0.05) is 35.9 Å². The lowest BCUT2D eigenvalue weighted by Crippen LogP contribution is -2.34. The highest BCUT2D eigenvalue weighted by Gasteiger charge is 2.29. The van der Waals surface area contributed by atoms with E-state index in [9.17, 15) is 4.79 Å². The minimum absolute atomic E-state index is 0.0799. The first-order valence-electron chi connectivity index (χ1n) is 11.3. The van der Waals surface area contributed by atoms with E-state index in [4.69, 9.17) is 5.26 Å². The number of pyridine rings is 2. The Morgan fingerprint density at radius 3 is 2.66 bits per heavy atom. The summed E-state index contributed by atoms with van der Waals surface area (Å²) in [5.41, 5.74) is 2.44. The van der Waals surface area contributed by atoms with Gasteiger partial charge in [0.15, 0.2) is 11.5 Å². The third-order valence-corrected chi connectivity index (χ3v) is 6.58. The molecule has 3 heterocycles. The van der Waals surface area contributed by atoms with Gasteiger partial charge in [0.25, 0.3) is 5.91 Å². The predicted octanol–water partition coefficient (Wildman–Crippen LogP) is 3.82. The van der Waals surface area contributed by atoms with Crippen LogP contribution in [0.25, 0.3) is 16.9 Å². The molecule has 2 aliphatic rings. The number of hydrogen-bond acceptors (Lipinski definition) is 6. The Labute approximate surface area is 187 Å². The molecule has 8 heteroatoms. The van der Waals surface area contributed by atoms with Crippen LogP contribution in [0.15, 0.2) is 30.7 Å². The number of amides is 1. The summed E-state index contributed by atoms with van der Waals surface area (Å²) >= 11 is 0. The van der Waals surface area contributed by atoms with Gasteiger partial charge in [0.1, 0.15) is 6.07 Å². The molecule has 0 spiro atoms. The van der Waals surface area contributed by atoms with Gasteiger partial charge in [0.2, 0.25) is 0 Å². The molecule has 5 rings (SSSR count). The first kappa shape index (κ1) is 20.4. The fourth-order valence-electron chi connectivity index (χ4n) is 4.47. The van der Waals surface area contributed by atoms with Crippen LogP contribution in [0.3, 0.4) is 0 Å². The summed E-state index contributed by atoms with van der Waals surface area (Å²) in [4.78, 5) is 22.0. The molecule has 0 aliphatic heterocycles. The van der Waals surface area contributed by atoms with Crippen molar-refractivity contribution < 1.29 is 4.79 Å². The van der Waals surface area contributed by atoms with Gasteiger partial charge in [-0.15, -0.1) is 0 Å². The van der Waals surface area contributed by atoms with Crippen LogP contribution in [0.2, 0.25) is 0 Å². The van der Waals surface area contributed by atoms with Crippen LogP contribution in [0.4, 0.5) is 5.69 Å². The smallest absolute Gasteiger partial charge is 0.255 e. The van der Waals surface area contributed by atoms with Crippen molar-refractivity contribution in [3.8, 4) is 11.9 Å². The number of carbonyl (C=O) groups is 1. The normalized spacial score (nSPS) is 20.4. The van der Waals surface area contributed by atoms with Crippen LogP contribution in [0.1, 0.15) is 61.9 Å². The summed E-state index contributed by atoms with van der Waals surface area (Å²) in [5, 5.41) is 21.0. The van der Waals surface area contributed by atoms with E-state index in [0.29, 0.717) is 40.5 Å². The van der Waals surface area contributed by atoms with E-state index in [1.54, 1.807) is 23.1 Å². The van der Waals surface area contributed by atoms with E-state index in [0.717, 1.165) is 36.8 Å². The molecule has 2 atom stereocenters. The third kappa shape index (κ3) is 4.03. The Morgan fingerprint density at radius 2 is 1.94 bits per heavy atom. The fourth-order valence-corrected chi connectivity index (χ4v) is 4.47.